The van der Waals surface area contributed by atoms with Gasteiger partial charge in [-0.1, -0.05) is 23.4 Å². The zero-order chi connectivity index (χ0) is 14.5. The monoisotopic (exact) mass is 279 g/mol. The molecule has 0 radical (unpaired) electrons. The lowest BCUT2D eigenvalue weighted by molar-refractivity contribution is -0.140. The molecule has 1 aliphatic rings. The standard InChI is InChI=1S/C12H13N3O5/c16-6-8(17)11-9(15-19)10(12(18)20-11)14-13-7-4-2-1-3-5-7/h1-5,8,11,13,16-17,19H,6H2/b14-10-,15-9+/t8-,11-/m1/s1. The number of anilines is 1. The van der Waals surface area contributed by atoms with Gasteiger partial charge in [0.15, 0.2) is 17.5 Å². The average molecular weight is 279 g/mol. The molecule has 2 rings (SSSR count). The first-order valence-corrected chi connectivity index (χ1v) is 5.78. The molecule has 0 unspecified atom stereocenters. The number of oxime groups is 1. The predicted octanol–water partition coefficient (Wildman–Crippen LogP) is -0.437. The molecule has 1 aliphatic heterocycles. The number of benzene rings is 1. The molecule has 1 saturated heterocycles. The van der Waals surface area contributed by atoms with E-state index in [1.54, 1.807) is 24.3 Å². The van der Waals surface area contributed by atoms with E-state index in [9.17, 15) is 9.90 Å². The van der Waals surface area contributed by atoms with E-state index in [0.29, 0.717) is 5.69 Å². The van der Waals surface area contributed by atoms with Gasteiger partial charge in [0, 0.05) is 0 Å². The number of carbonyl (C=O) groups excluding carboxylic acids is 1. The molecule has 106 valence electrons. The third-order valence-electron chi connectivity index (χ3n) is 2.65. The summed E-state index contributed by atoms with van der Waals surface area (Å²) < 4.78 is 4.81. The van der Waals surface area contributed by atoms with Crippen LogP contribution in [-0.4, -0.2) is 51.6 Å². The van der Waals surface area contributed by atoms with Gasteiger partial charge in [0.25, 0.3) is 0 Å². The third-order valence-corrected chi connectivity index (χ3v) is 2.65. The van der Waals surface area contributed by atoms with Gasteiger partial charge in [-0.15, -0.1) is 0 Å². The van der Waals surface area contributed by atoms with E-state index >= 15 is 0 Å². The molecule has 1 heterocycles. The van der Waals surface area contributed by atoms with Crippen molar-refractivity contribution in [2.24, 2.45) is 10.3 Å². The second-order valence-electron chi connectivity index (χ2n) is 4.00. The molecular formula is C12H13N3O5. The van der Waals surface area contributed by atoms with Crippen molar-refractivity contribution < 1.29 is 25.0 Å². The zero-order valence-corrected chi connectivity index (χ0v) is 10.3. The SMILES string of the molecule is O=C1O[C@H]([C@H](O)CO)C(=N/O)/C1=N/Nc1ccccc1. The lowest BCUT2D eigenvalue weighted by Crippen LogP contribution is -2.36. The van der Waals surface area contributed by atoms with Crippen LogP contribution in [0, 0.1) is 0 Å². The minimum atomic E-state index is -1.38. The quantitative estimate of drug-likeness (QED) is 0.336. The number of ether oxygens (including phenoxy) is 1. The Labute approximate surface area is 114 Å². The van der Waals surface area contributed by atoms with Crippen LogP contribution in [0.1, 0.15) is 0 Å². The molecule has 0 aromatic heterocycles. The summed E-state index contributed by atoms with van der Waals surface area (Å²) in [5, 5.41) is 34.0. The maximum Gasteiger partial charge on any atom is 0.361 e. The summed E-state index contributed by atoms with van der Waals surface area (Å²) in [7, 11) is 0. The van der Waals surface area contributed by atoms with Gasteiger partial charge in [0.05, 0.1) is 12.3 Å². The van der Waals surface area contributed by atoms with Crippen LogP contribution in [0.25, 0.3) is 0 Å². The molecule has 0 saturated carbocycles. The molecular weight excluding hydrogens is 266 g/mol. The van der Waals surface area contributed by atoms with Gasteiger partial charge in [-0.2, -0.15) is 5.10 Å². The summed E-state index contributed by atoms with van der Waals surface area (Å²) in [6, 6.07) is 8.81. The molecule has 8 nitrogen and oxygen atoms in total. The molecule has 4 N–H and O–H groups in total. The number of aliphatic hydroxyl groups excluding tert-OH is 2. The Balaban J connectivity index is 2.20. The number of rotatable bonds is 4. The van der Waals surface area contributed by atoms with Crippen molar-refractivity contribution in [1.82, 2.24) is 0 Å². The van der Waals surface area contributed by atoms with Crippen molar-refractivity contribution in [2.45, 2.75) is 12.2 Å². The van der Waals surface area contributed by atoms with E-state index < -0.39 is 24.8 Å². The number of para-hydroxylation sites is 1. The highest BCUT2D eigenvalue weighted by Gasteiger charge is 2.43. The summed E-state index contributed by atoms with van der Waals surface area (Å²) in [5.41, 5.74) is 2.74. The summed E-state index contributed by atoms with van der Waals surface area (Å²) >= 11 is 0. The highest BCUT2D eigenvalue weighted by molar-refractivity contribution is 6.69. The normalized spacial score (nSPS) is 23.9. The van der Waals surface area contributed by atoms with Crippen LogP contribution < -0.4 is 5.43 Å². The number of nitrogens with one attached hydrogen (secondary N) is 1. The highest BCUT2D eigenvalue weighted by atomic mass is 16.6. The third kappa shape index (κ3) is 2.76. The second-order valence-corrected chi connectivity index (χ2v) is 4.00. The molecule has 2 atom stereocenters. The highest BCUT2D eigenvalue weighted by Crippen LogP contribution is 2.15. The lowest BCUT2D eigenvalue weighted by Gasteiger charge is -2.13. The van der Waals surface area contributed by atoms with E-state index in [-0.39, 0.29) is 11.4 Å². The maximum atomic E-state index is 11.6. The van der Waals surface area contributed by atoms with Crippen molar-refractivity contribution in [1.29, 1.82) is 0 Å². The van der Waals surface area contributed by atoms with Crippen molar-refractivity contribution in [2.75, 3.05) is 12.0 Å². The van der Waals surface area contributed by atoms with Gasteiger partial charge in [-0.3, -0.25) is 5.43 Å². The molecule has 1 aromatic rings. The van der Waals surface area contributed by atoms with Gasteiger partial charge in [-0.25, -0.2) is 4.79 Å². The fraction of sp³-hybridized carbons (Fsp3) is 0.250. The van der Waals surface area contributed by atoms with Crippen LogP contribution in [0.4, 0.5) is 5.69 Å². The van der Waals surface area contributed by atoms with Gasteiger partial charge < -0.3 is 20.2 Å². The van der Waals surface area contributed by atoms with Crippen LogP contribution in [0.3, 0.4) is 0 Å². The largest absolute Gasteiger partial charge is 0.448 e. The van der Waals surface area contributed by atoms with Crippen molar-refractivity contribution >= 4 is 23.1 Å². The fourth-order valence-corrected chi connectivity index (χ4v) is 1.66. The van der Waals surface area contributed by atoms with Gasteiger partial charge in [0.2, 0.25) is 0 Å². The van der Waals surface area contributed by atoms with Gasteiger partial charge in [0.1, 0.15) is 6.10 Å². The molecule has 0 bridgehead atoms. The molecule has 1 aromatic carbocycles. The van der Waals surface area contributed by atoms with Crippen LogP contribution in [-0.2, 0) is 9.53 Å². The molecule has 0 aliphatic carbocycles. The summed E-state index contributed by atoms with van der Waals surface area (Å²) in [5.74, 6) is -0.848. The van der Waals surface area contributed by atoms with Crippen LogP contribution in [0.5, 0.6) is 0 Å². The minimum absolute atomic E-state index is 0.236. The smallest absolute Gasteiger partial charge is 0.361 e. The zero-order valence-electron chi connectivity index (χ0n) is 10.3. The Morgan fingerprint density at radius 2 is 2.05 bits per heavy atom. The lowest BCUT2D eigenvalue weighted by atomic mass is 10.1. The summed E-state index contributed by atoms with van der Waals surface area (Å²) in [6.45, 7) is -0.642. The summed E-state index contributed by atoms with van der Waals surface area (Å²) in [4.78, 5) is 11.6. The Morgan fingerprint density at radius 1 is 1.35 bits per heavy atom. The van der Waals surface area contributed by atoms with Crippen LogP contribution in [0.2, 0.25) is 0 Å². The number of hydrogen-bond acceptors (Lipinski definition) is 8. The molecule has 20 heavy (non-hydrogen) atoms. The number of hydrazone groups is 1. The number of carbonyl (C=O) groups is 1. The first-order valence-electron chi connectivity index (χ1n) is 5.78. The van der Waals surface area contributed by atoms with Gasteiger partial charge in [-0.05, 0) is 12.1 Å². The Kier molecular flexibility index (Phi) is 4.28. The summed E-state index contributed by atoms with van der Waals surface area (Å²) in [6.07, 6.45) is -2.62. The van der Waals surface area contributed by atoms with Crippen LogP contribution >= 0.6 is 0 Å². The van der Waals surface area contributed by atoms with E-state index in [0.717, 1.165) is 0 Å². The van der Waals surface area contributed by atoms with E-state index in [2.05, 4.69) is 15.7 Å². The first kappa shape index (κ1) is 14.0. The molecule has 8 heteroatoms. The molecule has 1 fully saturated rings. The number of hydrogen-bond donors (Lipinski definition) is 4. The van der Waals surface area contributed by atoms with Crippen molar-refractivity contribution in [3.63, 3.8) is 0 Å². The topological polar surface area (TPSA) is 124 Å². The second kappa shape index (κ2) is 6.13. The van der Waals surface area contributed by atoms with Crippen molar-refractivity contribution in [3.05, 3.63) is 30.3 Å². The molecule has 0 amide bonds. The molecule has 0 spiro atoms. The number of cyclic esters (lactones) is 1. The number of aliphatic hydroxyl groups is 2. The average Bonchev–Trinajstić information content (AvgIpc) is 2.81. The van der Waals surface area contributed by atoms with E-state index in [1.165, 1.54) is 0 Å². The van der Waals surface area contributed by atoms with E-state index in [1.807, 2.05) is 6.07 Å². The Hall–Kier alpha value is -2.45. The van der Waals surface area contributed by atoms with Crippen LogP contribution in [0.15, 0.2) is 40.6 Å². The Bertz CT molecular complexity index is 543. The maximum absolute atomic E-state index is 11.6. The Morgan fingerprint density at radius 3 is 2.65 bits per heavy atom. The van der Waals surface area contributed by atoms with E-state index in [4.69, 9.17) is 15.1 Å². The predicted molar refractivity (Wildman–Crippen MR) is 69.7 cm³/mol. The fourth-order valence-electron chi connectivity index (χ4n) is 1.66. The first-order chi connectivity index (χ1) is 9.67. The van der Waals surface area contributed by atoms with Gasteiger partial charge >= 0.3 is 5.97 Å². The number of nitrogens with zero attached hydrogens (tertiary/aromatic N) is 2. The van der Waals surface area contributed by atoms with Crippen molar-refractivity contribution in [3.8, 4) is 0 Å². The minimum Gasteiger partial charge on any atom is -0.448 e. The number of esters is 1.